The standard InChI is InChI=1S/C24H31F2N3O3/c1-4-18(15-17(2)30)28-13-10-20(11-14-28)29(22-16-27-12-9-23(22)31-3)19-5-7-21(8-6-19)32-24(25)26/h5-9,12,16,18,20,24H,4,10-11,13-15H2,1-3H3. The van der Waals surface area contributed by atoms with Crippen LogP contribution in [0.25, 0.3) is 0 Å². The molecule has 0 saturated carbocycles. The molecule has 0 amide bonds. The van der Waals surface area contributed by atoms with E-state index < -0.39 is 6.61 Å². The summed E-state index contributed by atoms with van der Waals surface area (Å²) in [5.74, 6) is 1.02. The van der Waals surface area contributed by atoms with Gasteiger partial charge in [-0.2, -0.15) is 8.78 Å². The first-order valence-electron chi connectivity index (χ1n) is 11.0. The number of nitrogens with zero attached hydrogens (tertiary/aromatic N) is 3. The van der Waals surface area contributed by atoms with Gasteiger partial charge in [0.15, 0.2) is 0 Å². The Balaban J connectivity index is 1.85. The number of rotatable bonds is 10. The minimum atomic E-state index is -2.86. The Morgan fingerprint density at radius 3 is 2.47 bits per heavy atom. The SMILES string of the molecule is CCC(CC(C)=O)N1CCC(N(c2ccc(OC(F)F)cc2)c2cnccc2OC)CC1. The maximum atomic E-state index is 12.6. The highest BCUT2D eigenvalue weighted by atomic mass is 19.3. The van der Waals surface area contributed by atoms with Crippen LogP contribution in [0.4, 0.5) is 20.2 Å². The van der Waals surface area contributed by atoms with Crippen LogP contribution in [0, 0.1) is 0 Å². The number of piperidine rings is 1. The van der Waals surface area contributed by atoms with Gasteiger partial charge in [-0.15, -0.1) is 0 Å². The number of alkyl halides is 2. The van der Waals surface area contributed by atoms with Crippen molar-refractivity contribution in [3.8, 4) is 11.5 Å². The van der Waals surface area contributed by atoms with Gasteiger partial charge in [-0.25, -0.2) is 0 Å². The van der Waals surface area contributed by atoms with Gasteiger partial charge < -0.3 is 14.4 Å². The summed E-state index contributed by atoms with van der Waals surface area (Å²) in [6.45, 7) is 2.66. The average molecular weight is 448 g/mol. The van der Waals surface area contributed by atoms with Crippen molar-refractivity contribution in [2.45, 2.75) is 58.2 Å². The number of hydrogen-bond acceptors (Lipinski definition) is 6. The van der Waals surface area contributed by atoms with Gasteiger partial charge in [-0.1, -0.05) is 6.92 Å². The molecular weight excluding hydrogens is 416 g/mol. The van der Waals surface area contributed by atoms with Crippen molar-refractivity contribution in [3.05, 3.63) is 42.7 Å². The summed E-state index contributed by atoms with van der Waals surface area (Å²) in [5, 5.41) is 0. The van der Waals surface area contributed by atoms with Gasteiger partial charge in [0.25, 0.3) is 0 Å². The highest BCUT2D eigenvalue weighted by Gasteiger charge is 2.30. The van der Waals surface area contributed by atoms with Crippen molar-refractivity contribution in [2.24, 2.45) is 0 Å². The fourth-order valence-electron chi connectivity index (χ4n) is 4.43. The summed E-state index contributed by atoms with van der Waals surface area (Å²) in [4.78, 5) is 20.5. The first-order valence-corrected chi connectivity index (χ1v) is 11.0. The van der Waals surface area contributed by atoms with Crippen molar-refractivity contribution in [1.29, 1.82) is 0 Å². The number of likely N-dealkylation sites (tertiary alicyclic amines) is 1. The van der Waals surface area contributed by atoms with Crippen molar-refractivity contribution < 1.29 is 23.0 Å². The summed E-state index contributed by atoms with van der Waals surface area (Å²) in [7, 11) is 1.62. The van der Waals surface area contributed by atoms with Gasteiger partial charge in [0, 0.05) is 49.5 Å². The first kappa shape index (κ1) is 23.9. The Morgan fingerprint density at radius 1 is 1.22 bits per heavy atom. The van der Waals surface area contributed by atoms with E-state index in [0.717, 1.165) is 43.7 Å². The molecule has 1 aromatic heterocycles. The molecule has 1 aliphatic heterocycles. The predicted molar refractivity (Wildman–Crippen MR) is 120 cm³/mol. The molecule has 32 heavy (non-hydrogen) atoms. The topological polar surface area (TPSA) is 54.9 Å². The van der Waals surface area contributed by atoms with Gasteiger partial charge in [0.05, 0.1) is 13.3 Å². The van der Waals surface area contributed by atoms with Crippen LogP contribution in [0.2, 0.25) is 0 Å². The van der Waals surface area contributed by atoms with E-state index in [0.29, 0.717) is 12.2 Å². The van der Waals surface area contributed by atoms with Gasteiger partial charge in [0.1, 0.15) is 23.0 Å². The Labute approximate surface area is 188 Å². The molecule has 0 N–H and O–H groups in total. The molecule has 0 spiro atoms. The fraction of sp³-hybridized carbons (Fsp3) is 0.500. The second-order valence-corrected chi connectivity index (χ2v) is 8.03. The second kappa shape index (κ2) is 11.2. The summed E-state index contributed by atoms with van der Waals surface area (Å²) >= 11 is 0. The van der Waals surface area contributed by atoms with Crippen LogP contribution in [-0.4, -0.2) is 54.6 Å². The quantitative estimate of drug-likeness (QED) is 0.508. The van der Waals surface area contributed by atoms with Crippen LogP contribution >= 0.6 is 0 Å². The van der Waals surface area contributed by atoms with E-state index in [1.54, 1.807) is 50.7 Å². The van der Waals surface area contributed by atoms with E-state index in [1.165, 1.54) is 0 Å². The van der Waals surface area contributed by atoms with Crippen LogP contribution in [-0.2, 0) is 4.79 Å². The minimum absolute atomic E-state index is 0.117. The lowest BCUT2D eigenvalue weighted by atomic mass is 9.97. The third kappa shape index (κ3) is 5.94. The van der Waals surface area contributed by atoms with Crippen LogP contribution in [0.1, 0.15) is 39.5 Å². The van der Waals surface area contributed by atoms with Crippen molar-refractivity contribution >= 4 is 17.2 Å². The molecule has 6 nitrogen and oxygen atoms in total. The summed E-state index contributed by atoms with van der Waals surface area (Å²) < 4.78 is 35.2. The Bertz CT molecular complexity index is 871. The lowest BCUT2D eigenvalue weighted by molar-refractivity contribution is -0.118. The lowest BCUT2D eigenvalue weighted by Crippen LogP contribution is -2.47. The van der Waals surface area contributed by atoms with Crippen LogP contribution in [0.15, 0.2) is 42.7 Å². The first-order chi connectivity index (χ1) is 15.4. The molecule has 8 heteroatoms. The Morgan fingerprint density at radius 2 is 1.91 bits per heavy atom. The smallest absolute Gasteiger partial charge is 0.387 e. The molecule has 1 saturated heterocycles. The molecule has 1 aliphatic rings. The van der Waals surface area contributed by atoms with Crippen LogP contribution in [0.3, 0.4) is 0 Å². The molecule has 1 unspecified atom stereocenters. The van der Waals surface area contributed by atoms with Gasteiger partial charge in [0.2, 0.25) is 0 Å². The van der Waals surface area contributed by atoms with Crippen molar-refractivity contribution in [1.82, 2.24) is 9.88 Å². The number of halogens is 2. The summed E-state index contributed by atoms with van der Waals surface area (Å²) in [6, 6.07) is 8.90. The second-order valence-electron chi connectivity index (χ2n) is 8.03. The molecule has 174 valence electrons. The van der Waals surface area contributed by atoms with Gasteiger partial charge in [-0.3, -0.25) is 14.7 Å². The number of aromatic nitrogens is 1. The molecule has 0 radical (unpaired) electrons. The Kier molecular flexibility index (Phi) is 8.39. The van der Waals surface area contributed by atoms with E-state index in [-0.39, 0.29) is 23.6 Å². The van der Waals surface area contributed by atoms with E-state index in [1.807, 2.05) is 6.07 Å². The zero-order chi connectivity index (χ0) is 23.1. The third-order valence-electron chi connectivity index (χ3n) is 5.96. The number of hydrogen-bond donors (Lipinski definition) is 0. The van der Waals surface area contributed by atoms with Crippen molar-refractivity contribution in [3.63, 3.8) is 0 Å². The number of carbonyl (C=O) groups excluding carboxylic acids is 1. The minimum Gasteiger partial charge on any atom is -0.494 e. The number of anilines is 2. The van der Waals surface area contributed by atoms with E-state index in [4.69, 9.17) is 4.74 Å². The van der Waals surface area contributed by atoms with E-state index in [2.05, 4.69) is 26.4 Å². The molecular formula is C24H31F2N3O3. The van der Waals surface area contributed by atoms with Crippen LogP contribution in [0.5, 0.6) is 11.5 Å². The molecule has 3 rings (SSSR count). The highest BCUT2D eigenvalue weighted by Crippen LogP contribution is 2.38. The van der Waals surface area contributed by atoms with Crippen molar-refractivity contribution in [2.75, 3.05) is 25.1 Å². The van der Waals surface area contributed by atoms with Crippen LogP contribution < -0.4 is 14.4 Å². The van der Waals surface area contributed by atoms with E-state index >= 15 is 0 Å². The van der Waals surface area contributed by atoms with Gasteiger partial charge in [-0.05, 0) is 50.5 Å². The largest absolute Gasteiger partial charge is 0.494 e. The number of Topliss-reactive ketones (excluding diaryl/α,β-unsaturated/α-hetero) is 1. The lowest BCUT2D eigenvalue weighted by Gasteiger charge is -2.42. The number of carbonyl (C=O) groups is 1. The maximum Gasteiger partial charge on any atom is 0.387 e. The number of ether oxygens (including phenoxy) is 2. The molecule has 1 atom stereocenters. The normalized spacial score (nSPS) is 16.1. The molecule has 1 fully saturated rings. The molecule has 2 heterocycles. The highest BCUT2D eigenvalue weighted by molar-refractivity contribution is 5.76. The average Bonchev–Trinajstić information content (AvgIpc) is 2.79. The Hall–Kier alpha value is -2.74. The fourth-order valence-corrected chi connectivity index (χ4v) is 4.43. The molecule has 1 aromatic carbocycles. The molecule has 0 aliphatic carbocycles. The molecule has 2 aromatic rings. The zero-order valence-corrected chi connectivity index (χ0v) is 18.8. The maximum absolute atomic E-state index is 12.6. The third-order valence-corrected chi connectivity index (χ3v) is 5.96. The molecule has 0 bridgehead atoms. The number of ketones is 1. The number of benzene rings is 1. The summed E-state index contributed by atoms with van der Waals surface area (Å²) in [5.41, 5.74) is 1.68. The number of pyridine rings is 1. The number of methoxy groups -OCH3 is 1. The summed E-state index contributed by atoms with van der Waals surface area (Å²) in [6.07, 6.45) is 6.74. The monoisotopic (exact) mass is 447 g/mol. The zero-order valence-electron chi connectivity index (χ0n) is 18.8. The van der Waals surface area contributed by atoms with Gasteiger partial charge >= 0.3 is 6.61 Å². The predicted octanol–water partition coefficient (Wildman–Crippen LogP) is 5.05. The van der Waals surface area contributed by atoms with E-state index in [9.17, 15) is 13.6 Å².